The molecule has 0 saturated carbocycles. The number of pyridine rings is 1. The first-order chi connectivity index (χ1) is 20.0. The van der Waals surface area contributed by atoms with Crippen LogP contribution in [0.15, 0.2) is 73.1 Å². The normalized spacial score (nSPS) is 10.3. The van der Waals surface area contributed by atoms with Gasteiger partial charge in [0.1, 0.15) is 0 Å². The number of aromatic nitrogens is 1. The van der Waals surface area contributed by atoms with E-state index in [1.165, 1.54) is 5.56 Å². The number of benzene rings is 3. The number of nitrogens with one attached hydrogen (secondary N) is 2. The van der Waals surface area contributed by atoms with Crippen molar-refractivity contribution in [1.29, 1.82) is 0 Å². The average molecular weight is 561 g/mol. The van der Waals surface area contributed by atoms with Crippen molar-refractivity contribution in [3.8, 4) is 23.0 Å². The smallest absolute Gasteiger partial charge is 0.319 e. The highest BCUT2D eigenvalue weighted by Gasteiger charge is 2.08. The summed E-state index contributed by atoms with van der Waals surface area (Å²) in [5.74, 6) is 2.98. The molecule has 4 aromatic rings. The second kappa shape index (κ2) is 16.6. The van der Waals surface area contributed by atoms with Crippen LogP contribution < -0.4 is 35.3 Å². The molecule has 0 aliphatic rings. The van der Waals surface area contributed by atoms with Gasteiger partial charge in [-0.1, -0.05) is 24.3 Å². The van der Waals surface area contributed by atoms with E-state index in [-0.39, 0.29) is 6.03 Å². The van der Waals surface area contributed by atoms with Crippen molar-refractivity contribution in [2.24, 2.45) is 5.73 Å². The Kier molecular flexibility index (Phi) is 12.5. The van der Waals surface area contributed by atoms with Crippen molar-refractivity contribution in [1.82, 2.24) is 10.3 Å². The summed E-state index contributed by atoms with van der Waals surface area (Å²) in [6, 6.07) is 19.1. The minimum atomic E-state index is -0.239. The molecule has 0 atom stereocenters. The number of nitrogens with two attached hydrogens (primary N) is 1. The van der Waals surface area contributed by atoms with E-state index in [0.717, 1.165) is 45.7 Å². The molecular formula is C32H40N4O5. The van der Waals surface area contributed by atoms with Crippen LogP contribution in [0.3, 0.4) is 0 Å². The van der Waals surface area contributed by atoms with Crippen molar-refractivity contribution in [2.75, 3.05) is 45.8 Å². The van der Waals surface area contributed by atoms with Gasteiger partial charge in [-0.2, -0.15) is 0 Å². The fourth-order valence-corrected chi connectivity index (χ4v) is 4.17. The zero-order valence-electron chi connectivity index (χ0n) is 24.2. The molecule has 0 aliphatic heterocycles. The first-order valence-corrected chi connectivity index (χ1v) is 13.7. The second-order valence-corrected chi connectivity index (χ2v) is 8.91. The van der Waals surface area contributed by atoms with Crippen molar-refractivity contribution >= 4 is 22.5 Å². The van der Waals surface area contributed by atoms with Gasteiger partial charge in [0.05, 0.1) is 33.1 Å². The molecule has 1 heterocycles. The molecule has 0 saturated heterocycles. The van der Waals surface area contributed by atoms with Crippen molar-refractivity contribution in [3.63, 3.8) is 0 Å². The molecule has 0 bridgehead atoms. The number of amides is 2. The molecule has 4 N–H and O–H groups in total. The molecule has 4 rings (SSSR count). The lowest BCUT2D eigenvalue weighted by molar-refractivity contribution is 0.252. The molecule has 0 radical (unpaired) electrons. The predicted molar refractivity (Wildman–Crippen MR) is 164 cm³/mol. The summed E-state index contributed by atoms with van der Waals surface area (Å²) in [7, 11) is 3.26. The lowest BCUT2D eigenvalue weighted by Crippen LogP contribution is -2.30. The van der Waals surface area contributed by atoms with Crippen LogP contribution in [-0.2, 0) is 12.8 Å². The highest BCUT2D eigenvalue weighted by molar-refractivity contribution is 6.01. The number of carbonyl (C=O) groups excluding carboxylic acids is 1. The van der Waals surface area contributed by atoms with E-state index in [2.05, 4.69) is 15.6 Å². The topological polar surface area (TPSA) is 117 Å². The standard InChI is InChI=1S/C21H23N3O3.C11H17NO2/c1-3-27-19-8-7-15(13-20(19)26-2)9-12-23-21(25)24-18-6-4-5-16-14-22-11-10-17(16)18;1-3-14-10-5-4-9(6-7-12)8-11(10)13-2/h4-8,10-11,13-14H,3,9,12H2,1-2H3,(H2,23,24,25);4-5,8H,3,6-7,12H2,1-2H3. The summed E-state index contributed by atoms with van der Waals surface area (Å²) in [5, 5.41) is 7.72. The number of urea groups is 1. The highest BCUT2D eigenvalue weighted by atomic mass is 16.5. The summed E-state index contributed by atoms with van der Waals surface area (Å²) >= 11 is 0. The minimum Gasteiger partial charge on any atom is -0.493 e. The fraction of sp³-hybridized carbons (Fsp3) is 0.312. The molecule has 0 unspecified atom stereocenters. The number of rotatable bonds is 12. The van der Waals surface area contributed by atoms with Crippen LogP contribution in [0.2, 0.25) is 0 Å². The van der Waals surface area contributed by atoms with E-state index in [0.29, 0.717) is 38.5 Å². The minimum absolute atomic E-state index is 0.239. The van der Waals surface area contributed by atoms with Gasteiger partial charge in [-0.15, -0.1) is 0 Å². The Bertz CT molecular complexity index is 1390. The molecule has 0 fully saturated rings. The number of nitrogens with zero attached hydrogens (tertiary/aromatic N) is 1. The molecule has 2 amide bonds. The molecule has 0 aliphatic carbocycles. The number of hydrogen-bond acceptors (Lipinski definition) is 7. The van der Waals surface area contributed by atoms with E-state index in [9.17, 15) is 4.79 Å². The van der Waals surface area contributed by atoms with Crippen LogP contribution in [0.5, 0.6) is 23.0 Å². The maximum atomic E-state index is 12.2. The quantitative estimate of drug-likeness (QED) is 0.206. The Morgan fingerprint density at radius 3 is 2.05 bits per heavy atom. The third kappa shape index (κ3) is 9.29. The number of methoxy groups -OCH3 is 2. The SMILES string of the molecule is CCOc1ccc(CCN)cc1OC.CCOc1ccc(CCNC(=O)Nc2cccc3cnccc23)cc1OC. The van der Waals surface area contributed by atoms with Gasteiger partial charge in [0.2, 0.25) is 0 Å². The zero-order chi connectivity index (χ0) is 29.5. The van der Waals surface area contributed by atoms with Gasteiger partial charge in [0.15, 0.2) is 23.0 Å². The van der Waals surface area contributed by atoms with E-state index in [1.807, 2.05) is 74.5 Å². The van der Waals surface area contributed by atoms with Crippen molar-refractivity contribution in [3.05, 3.63) is 84.2 Å². The van der Waals surface area contributed by atoms with Gasteiger partial charge in [-0.25, -0.2) is 4.79 Å². The van der Waals surface area contributed by atoms with Gasteiger partial charge in [-0.05, 0) is 80.8 Å². The number of carbonyl (C=O) groups is 1. The Labute approximate surface area is 242 Å². The van der Waals surface area contributed by atoms with E-state index >= 15 is 0 Å². The van der Waals surface area contributed by atoms with Crippen LogP contribution in [0.4, 0.5) is 10.5 Å². The third-order valence-electron chi connectivity index (χ3n) is 6.12. The molecule has 0 spiro atoms. The van der Waals surface area contributed by atoms with Gasteiger partial charge in [0.25, 0.3) is 0 Å². The van der Waals surface area contributed by atoms with Gasteiger partial charge >= 0.3 is 6.03 Å². The summed E-state index contributed by atoms with van der Waals surface area (Å²) < 4.78 is 21.5. The van der Waals surface area contributed by atoms with Crippen LogP contribution in [0.25, 0.3) is 10.8 Å². The summed E-state index contributed by atoms with van der Waals surface area (Å²) in [5.41, 5.74) is 8.47. The number of hydrogen-bond donors (Lipinski definition) is 3. The molecule has 9 nitrogen and oxygen atoms in total. The molecule has 3 aromatic carbocycles. The largest absolute Gasteiger partial charge is 0.493 e. The lowest BCUT2D eigenvalue weighted by Gasteiger charge is -2.12. The average Bonchev–Trinajstić information content (AvgIpc) is 2.99. The third-order valence-corrected chi connectivity index (χ3v) is 6.12. The molecular weight excluding hydrogens is 520 g/mol. The van der Waals surface area contributed by atoms with Gasteiger partial charge in [-0.3, -0.25) is 4.98 Å². The molecule has 1 aromatic heterocycles. The number of anilines is 1. The van der Waals surface area contributed by atoms with Crippen LogP contribution in [0, 0.1) is 0 Å². The van der Waals surface area contributed by atoms with E-state index in [4.69, 9.17) is 24.7 Å². The summed E-state index contributed by atoms with van der Waals surface area (Å²) in [4.78, 5) is 16.3. The molecule has 218 valence electrons. The Morgan fingerprint density at radius 1 is 0.829 bits per heavy atom. The van der Waals surface area contributed by atoms with Crippen molar-refractivity contribution in [2.45, 2.75) is 26.7 Å². The first-order valence-electron chi connectivity index (χ1n) is 13.7. The predicted octanol–water partition coefficient (Wildman–Crippen LogP) is 5.60. The summed E-state index contributed by atoms with van der Waals surface area (Å²) in [6.07, 6.45) is 5.04. The molecule has 41 heavy (non-hydrogen) atoms. The highest BCUT2D eigenvalue weighted by Crippen LogP contribution is 2.29. The number of ether oxygens (including phenoxy) is 4. The lowest BCUT2D eigenvalue weighted by atomic mass is 10.1. The monoisotopic (exact) mass is 560 g/mol. The van der Waals surface area contributed by atoms with Crippen LogP contribution in [-0.4, -0.2) is 51.5 Å². The van der Waals surface area contributed by atoms with Gasteiger partial charge in [0, 0.05) is 29.7 Å². The van der Waals surface area contributed by atoms with Crippen molar-refractivity contribution < 1.29 is 23.7 Å². The maximum Gasteiger partial charge on any atom is 0.319 e. The van der Waals surface area contributed by atoms with Crippen LogP contribution in [0.1, 0.15) is 25.0 Å². The summed E-state index contributed by atoms with van der Waals surface area (Å²) in [6.45, 7) is 6.27. The Morgan fingerprint density at radius 2 is 1.46 bits per heavy atom. The maximum absolute atomic E-state index is 12.2. The number of fused-ring (bicyclic) bond motifs is 1. The Balaban J connectivity index is 0.000000278. The first kappa shape index (κ1) is 31.0. The Hall–Kier alpha value is -4.50. The second-order valence-electron chi connectivity index (χ2n) is 8.91. The van der Waals surface area contributed by atoms with Crippen LogP contribution >= 0.6 is 0 Å². The van der Waals surface area contributed by atoms with E-state index in [1.54, 1.807) is 26.6 Å². The zero-order valence-corrected chi connectivity index (χ0v) is 24.2. The van der Waals surface area contributed by atoms with E-state index < -0.39 is 0 Å². The fourth-order valence-electron chi connectivity index (χ4n) is 4.17. The van der Waals surface area contributed by atoms with Gasteiger partial charge < -0.3 is 35.3 Å². The molecule has 9 heteroatoms.